The van der Waals surface area contributed by atoms with Crippen LogP contribution >= 0.6 is 24.0 Å². The Bertz CT molecular complexity index is 560. The second kappa shape index (κ2) is 14.1. The number of nitrogens with zero attached hydrogens (tertiary/aromatic N) is 4. The van der Waals surface area contributed by atoms with Crippen LogP contribution in [0, 0.1) is 0 Å². The Hall–Kier alpha value is -0.940. The molecule has 1 aliphatic heterocycles. The predicted octanol–water partition coefficient (Wildman–Crippen LogP) is 2.84. The van der Waals surface area contributed by atoms with Crippen molar-refractivity contribution in [3.8, 4) is 0 Å². The molecule has 2 heterocycles. The lowest BCUT2D eigenvalue weighted by molar-refractivity contribution is 0.00991. The van der Waals surface area contributed by atoms with Crippen molar-refractivity contribution in [2.24, 2.45) is 4.99 Å². The van der Waals surface area contributed by atoms with Gasteiger partial charge in [-0.05, 0) is 25.7 Å². The first-order valence-electron chi connectivity index (χ1n) is 10.0. The number of aromatic nitrogens is 2. The molecule has 0 radical (unpaired) electrons. The molecule has 1 N–H and O–H groups in total. The Morgan fingerprint density at radius 1 is 1.29 bits per heavy atom. The molecule has 1 aliphatic rings. The van der Waals surface area contributed by atoms with Gasteiger partial charge in [-0.1, -0.05) is 19.0 Å². The van der Waals surface area contributed by atoms with Gasteiger partial charge in [-0.2, -0.15) is 4.98 Å². The van der Waals surface area contributed by atoms with Crippen molar-refractivity contribution in [1.82, 2.24) is 20.4 Å². The van der Waals surface area contributed by atoms with Crippen LogP contribution in [-0.4, -0.2) is 74.1 Å². The molecule has 0 unspecified atom stereocenters. The van der Waals surface area contributed by atoms with Gasteiger partial charge >= 0.3 is 0 Å². The third kappa shape index (κ3) is 8.60. The maximum absolute atomic E-state index is 5.92. The number of halogens is 1. The highest BCUT2D eigenvalue weighted by molar-refractivity contribution is 14.0. The highest BCUT2D eigenvalue weighted by Gasteiger charge is 2.21. The van der Waals surface area contributed by atoms with E-state index < -0.39 is 0 Å². The minimum atomic E-state index is 0. The zero-order chi connectivity index (χ0) is 19.5. The quantitative estimate of drug-likeness (QED) is 0.225. The minimum absolute atomic E-state index is 0. The molecular formula is C19H36IN5O3. The van der Waals surface area contributed by atoms with E-state index in [1.165, 1.54) is 0 Å². The van der Waals surface area contributed by atoms with Crippen LogP contribution in [0.4, 0.5) is 0 Å². The fourth-order valence-corrected chi connectivity index (χ4v) is 3.06. The van der Waals surface area contributed by atoms with Gasteiger partial charge in [-0.3, -0.25) is 4.99 Å². The van der Waals surface area contributed by atoms with E-state index in [0.717, 1.165) is 76.7 Å². The van der Waals surface area contributed by atoms with Crippen molar-refractivity contribution in [2.75, 3.05) is 47.0 Å². The summed E-state index contributed by atoms with van der Waals surface area (Å²) in [4.78, 5) is 11.1. The lowest BCUT2D eigenvalue weighted by atomic mass is 10.1. The minimum Gasteiger partial charge on any atom is -0.385 e. The van der Waals surface area contributed by atoms with Crippen molar-refractivity contribution < 1.29 is 14.0 Å². The maximum atomic E-state index is 5.92. The van der Waals surface area contributed by atoms with E-state index in [0.29, 0.717) is 17.9 Å². The van der Waals surface area contributed by atoms with Crippen LogP contribution in [-0.2, 0) is 15.9 Å². The first kappa shape index (κ1) is 25.1. The van der Waals surface area contributed by atoms with Crippen LogP contribution in [0.1, 0.15) is 57.2 Å². The van der Waals surface area contributed by atoms with Crippen molar-refractivity contribution in [1.29, 1.82) is 0 Å². The van der Waals surface area contributed by atoms with Crippen molar-refractivity contribution in [2.45, 2.75) is 58.0 Å². The van der Waals surface area contributed by atoms with Crippen molar-refractivity contribution in [3.05, 3.63) is 11.7 Å². The Labute approximate surface area is 185 Å². The van der Waals surface area contributed by atoms with E-state index in [4.69, 9.17) is 14.0 Å². The third-order valence-electron chi connectivity index (χ3n) is 4.65. The van der Waals surface area contributed by atoms with Gasteiger partial charge in [0.2, 0.25) is 5.89 Å². The number of rotatable bonds is 10. The monoisotopic (exact) mass is 509 g/mol. The average molecular weight is 509 g/mol. The molecule has 0 amide bonds. The highest BCUT2D eigenvalue weighted by atomic mass is 127. The second-order valence-electron chi connectivity index (χ2n) is 7.18. The number of likely N-dealkylation sites (tertiary alicyclic amines) is 1. The lowest BCUT2D eigenvalue weighted by Gasteiger charge is -2.34. The zero-order valence-electron chi connectivity index (χ0n) is 17.6. The van der Waals surface area contributed by atoms with Gasteiger partial charge in [0, 0.05) is 59.3 Å². The topological polar surface area (TPSA) is 85.0 Å². The van der Waals surface area contributed by atoms with Gasteiger partial charge in [0.15, 0.2) is 11.8 Å². The Morgan fingerprint density at radius 2 is 2.04 bits per heavy atom. The number of ether oxygens (including phenoxy) is 2. The molecule has 0 bridgehead atoms. The average Bonchev–Trinajstić information content (AvgIpc) is 3.15. The number of aliphatic imine (C=N–C) groups is 1. The molecule has 162 valence electrons. The molecular weight excluding hydrogens is 473 g/mol. The predicted molar refractivity (Wildman–Crippen MR) is 121 cm³/mol. The molecule has 1 aromatic heterocycles. The zero-order valence-corrected chi connectivity index (χ0v) is 20.0. The van der Waals surface area contributed by atoms with Gasteiger partial charge in [0.1, 0.15) is 0 Å². The molecule has 9 heteroatoms. The summed E-state index contributed by atoms with van der Waals surface area (Å²) in [6, 6.07) is 0. The standard InChI is InChI=1S/C19H35N5O3.HI/c1-15(2)18-22-17(27-23-18)7-5-10-21-19(20-3)24-11-8-16(9-12-24)26-14-6-13-25-4;/h15-16H,5-14H2,1-4H3,(H,20,21);1H. The van der Waals surface area contributed by atoms with E-state index in [2.05, 4.69) is 39.2 Å². The molecule has 0 saturated carbocycles. The van der Waals surface area contributed by atoms with E-state index in [9.17, 15) is 0 Å². The third-order valence-corrected chi connectivity index (χ3v) is 4.65. The second-order valence-corrected chi connectivity index (χ2v) is 7.18. The summed E-state index contributed by atoms with van der Waals surface area (Å²) >= 11 is 0. The van der Waals surface area contributed by atoms with Crippen molar-refractivity contribution >= 4 is 29.9 Å². The van der Waals surface area contributed by atoms with Crippen LogP contribution in [0.3, 0.4) is 0 Å². The lowest BCUT2D eigenvalue weighted by Crippen LogP contribution is -2.47. The first-order chi connectivity index (χ1) is 13.1. The Balaban J connectivity index is 0.00000392. The molecule has 28 heavy (non-hydrogen) atoms. The Morgan fingerprint density at radius 3 is 2.64 bits per heavy atom. The molecule has 1 aromatic rings. The van der Waals surface area contributed by atoms with Crippen LogP contribution in [0.2, 0.25) is 0 Å². The summed E-state index contributed by atoms with van der Waals surface area (Å²) in [5.74, 6) is 2.75. The molecule has 0 aliphatic carbocycles. The van der Waals surface area contributed by atoms with Crippen LogP contribution in [0.5, 0.6) is 0 Å². The van der Waals surface area contributed by atoms with E-state index in [1.54, 1.807) is 7.11 Å². The van der Waals surface area contributed by atoms with Crippen LogP contribution in [0.15, 0.2) is 9.52 Å². The molecule has 2 rings (SSSR count). The fourth-order valence-electron chi connectivity index (χ4n) is 3.06. The molecule has 8 nitrogen and oxygen atoms in total. The fraction of sp³-hybridized carbons (Fsp3) is 0.842. The molecule has 0 aromatic carbocycles. The van der Waals surface area contributed by atoms with Crippen LogP contribution < -0.4 is 5.32 Å². The molecule has 1 saturated heterocycles. The van der Waals surface area contributed by atoms with Crippen molar-refractivity contribution in [3.63, 3.8) is 0 Å². The number of hydrogen-bond acceptors (Lipinski definition) is 6. The summed E-state index contributed by atoms with van der Waals surface area (Å²) in [6.45, 7) is 8.44. The summed E-state index contributed by atoms with van der Waals surface area (Å²) in [7, 11) is 3.56. The van der Waals surface area contributed by atoms with E-state index in [1.807, 2.05) is 7.05 Å². The number of nitrogens with one attached hydrogen (secondary N) is 1. The van der Waals surface area contributed by atoms with Gasteiger partial charge in [0.05, 0.1) is 6.10 Å². The van der Waals surface area contributed by atoms with Gasteiger partial charge in [-0.25, -0.2) is 0 Å². The largest absolute Gasteiger partial charge is 0.385 e. The maximum Gasteiger partial charge on any atom is 0.226 e. The van der Waals surface area contributed by atoms with E-state index in [-0.39, 0.29) is 24.0 Å². The van der Waals surface area contributed by atoms with Crippen LogP contribution in [0.25, 0.3) is 0 Å². The van der Waals surface area contributed by atoms with Gasteiger partial charge in [-0.15, -0.1) is 24.0 Å². The number of aryl methyl sites for hydroxylation is 1. The number of guanidine groups is 1. The normalized spacial score (nSPS) is 15.8. The SMILES string of the molecule is CN=C(NCCCc1nc(C(C)C)no1)N1CCC(OCCCOC)CC1.I. The summed E-state index contributed by atoms with van der Waals surface area (Å²) in [5, 5.41) is 7.44. The molecule has 1 fully saturated rings. The van der Waals surface area contributed by atoms with Gasteiger partial charge < -0.3 is 24.2 Å². The van der Waals surface area contributed by atoms with E-state index >= 15 is 0 Å². The molecule has 0 atom stereocenters. The van der Waals surface area contributed by atoms with Gasteiger partial charge in [0.25, 0.3) is 0 Å². The summed E-state index contributed by atoms with van der Waals surface area (Å²) in [6.07, 6.45) is 5.09. The number of piperidine rings is 1. The number of methoxy groups -OCH3 is 1. The number of hydrogen-bond donors (Lipinski definition) is 1. The first-order valence-corrected chi connectivity index (χ1v) is 10.0. The highest BCUT2D eigenvalue weighted by Crippen LogP contribution is 2.14. The summed E-state index contributed by atoms with van der Waals surface area (Å²) < 4.78 is 16.3. The Kier molecular flexibility index (Phi) is 12.6. The summed E-state index contributed by atoms with van der Waals surface area (Å²) in [5.41, 5.74) is 0. The smallest absolute Gasteiger partial charge is 0.226 e. The molecule has 0 spiro atoms.